The summed E-state index contributed by atoms with van der Waals surface area (Å²) in [6.45, 7) is 6.67. The summed E-state index contributed by atoms with van der Waals surface area (Å²) < 4.78 is 30.9. The third kappa shape index (κ3) is 5.77. The van der Waals surface area contributed by atoms with E-state index >= 15 is 0 Å². The number of rotatable bonds is 4. The van der Waals surface area contributed by atoms with Crippen LogP contribution >= 0.6 is 15.9 Å². The molecule has 1 aromatic rings. The van der Waals surface area contributed by atoms with Crippen molar-refractivity contribution in [3.05, 3.63) is 28.0 Å². The van der Waals surface area contributed by atoms with E-state index in [0.717, 1.165) is 12.8 Å². The maximum absolute atomic E-state index is 13.9. The lowest BCUT2D eigenvalue weighted by Crippen LogP contribution is -2.26. The molecule has 0 aromatic heterocycles. The molecule has 1 heterocycles. The van der Waals surface area contributed by atoms with E-state index in [1.807, 2.05) is 0 Å². The lowest BCUT2D eigenvalue weighted by molar-refractivity contribution is -0.153. The third-order valence-electron chi connectivity index (χ3n) is 3.30. The van der Waals surface area contributed by atoms with Crippen LogP contribution in [0.1, 0.15) is 39.2 Å². The molecule has 0 spiro atoms. The second-order valence-electron chi connectivity index (χ2n) is 6.57. The van der Waals surface area contributed by atoms with Crippen molar-refractivity contribution in [3.8, 4) is 5.75 Å². The molecule has 1 aliphatic heterocycles. The summed E-state index contributed by atoms with van der Waals surface area (Å²) in [7, 11) is 0. The molecular weight excluding hydrogens is 367 g/mol. The first-order valence-electron chi connectivity index (χ1n) is 7.69. The Morgan fingerprint density at radius 2 is 2.00 bits per heavy atom. The maximum Gasteiger partial charge on any atom is 0.310 e. The van der Waals surface area contributed by atoms with E-state index in [1.54, 1.807) is 20.8 Å². The van der Waals surface area contributed by atoms with Crippen molar-refractivity contribution in [2.75, 3.05) is 13.2 Å². The Labute approximate surface area is 144 Å². The molecule has 0 bridgehead atoms. The fraction of sp³-hybridized carbons (Fsp3) is 0.588. The van der Waals surface area contributed by atoms with Crippen molar-refractivity contribution >= 4 is 21.9 Å². The molecule has 23 heavy (non-hydrogen) atoms. The third-order valence-corrected chi connectivity index (χ3v) is 4.20. The highest BCUT2D eigenvalue weighted by Gasteiger charge is 2.21. The standard InChI is InChI=1S/C17H22BrFO4/c1-17(2,3)23-15(20)9-11-8-12(19)10-14(16(11)18)22-13-4-6-21-7-5-13/h8,10,13H,4-7,9H2,1-3H3. The number of hydrogen-bond acceptors (Lipinski definition) is 4. The van der Waals surface area contributed by atoms with E-state index in [1.165, 1.54) is 12.1 Å². The van der Waals surface area contributed by atoms with E-state index in [9.17, 15) is 9.18 Å². The van der Waals surface area contributed by atoms with Gasteiger partial charge in [-0.05, 0) is 48.3 Å². The van der Waals surface area contributed by atoms with E-state index in [2.05, 4.69) is 15.9 Å². The highest BCUT2D eigenvalue weighted by molar-refractivity contribution is 9.10. The predicted molar refractivity (Wildman–Crippen MR) is 88.1 cm³/mol. The van der Waals surface area contributed by atoms with Crippen LogP contribution in [-0.2, 0) is 20.7 Å². The molecule has 0 amide bonds. The van der Waals surface area contributed by atoms with Crippen molar-refractivity contribution in [3.63, 3.8) is 0 Å². The Morgan fingerprint density at radius 1 is 1.35 bits per heavy atom. The van der Waals surface area contributed by atoms with Crippen LogP contribution < -0.4 is 4.74 Å². The van der Waals surface area contributed by atoms with Gasteiger partial charge in [-0.2, -0.15) is 0 Å². The van der Waals surface area contributed by atoms with Crippen molar-refractivity contribution in [1.29, 1.82) is 0 Å². The van der Waals surface area contributed by atoms with E-state index in [0.29, 0.717) is 29.0 Å². The lowest BCUT2D eigenvalue weighted by Gasteiger charge is -2.24. The Morgan fingerprint density at radius 3 is 2.61 bits per heavy atom. The first-order valence-corrected chi connectivity index (χ1v) is 8.48. The molecule has 0 radical (unpaired) electrons. The lowest BCUT2D eigenvalue weighted by atomic mass is 10.1. The quantitative estimate of drug-likeness (QED) is 0.730. The van der Waals surface area contributed by atoms with Gasteiger partial charge < -0.3 is 14.2 Å². The van der Waals surface area contributed by atoms with Crippen molar-refractivity contribution in [1.82, 2.24) is 0 Å². The number of ether oxygens (including phenoxy) is 3. The molecule has 0 N–H and O–H groups in total. The molecule has 6 heteroatoms. The highest BCUT2D eigenvalue weighted by atomic mass is 79.9. The predicted octanol–water partition coefficient (Wildman–Crippen LogP) is 4.03. The molecule has 1 fully saturated rings. The number of halogens is 2. The van der Waals surface area contributed by atoms with Gasteiger partial charge in [0.15, 0.2) is 0 Å². The van der Waals surface area contributed by atoms with Crippen molar-refractivity contribution in [2.45, 2.75) is 51.7 Å². The van der Waals surface area contributed by atoms with Gasteiger partial charge in [-0.15, -0.1) is 0 Å². The second kappa shape index (κ2) is 7.62. The van der Waals surface area contributed by atoms with Crippen molar-refractivity contribution < 1.29 is 23.4 Å². The van der Waals surface area contributed by atoms with Gasteiger partial charge in [0.25, 0.3) is 0 Å². The highest BCUT2D eigenvalue weighted by Crippen LogP contribution is 2.32. The Hall–Kier alpha value is -1.14. The van der Waals surface area contributed by atoms with Crippen LogP contribution in [0.2, 0.25) is 0 Å². The van der Waals surface area contributed by atoms with Crippen LogP contribution in [0.3, 0.4) is 0 Å². The SMILES string of the molecule is CC(C)(C)OC(=O)Cc1cc(F)cc(OC2CCOCC2)c1Br. The number of esters is 1. The Balaban J connectivity index is 2.12. The molecule has 0 aliphatic carbocycles. The molecule has 1 saturated heterocycles. The second-order valence-corrected chi connectivity index (χ2v) is 7.36. The molecule has 4 nitrogen and oxygen atoms in total. The molecule has 128 valence electrons. The largest absolute Gasteiger partial charge is 0.489 e. The van der Waals surface area contributed by atoms with Gasteiger partial charge in [0, 0.05) is 18.9 Å². The zero-order valence-corrected chi connectivity index (χ0v) is 15.2. The summed E-state index contributed by atoms with van der Waals surface area (Å²) in [5.41, 5.74) is -0.0560. The topological polar surface area (TPSA) is 44.8 Å². The number of benzene rings is 1. The molecule has 1 aliphatic rings. The summed E-state index contributed by atoms with van der Waals surface area (Å²) in [4.78, 5) is 12.0. The van der Waals surface area contributed by atoms with Gasteiger partial charge in [0.2, 0.25) is 0 Å². The molecule has 0 saturated carbocycles. The average molecular weight is 389 g/mol. The van der Waals surface area contributed by atoms with Crippen molar-refractivity contribution in [2.24, 2.45) is 0 Å². The van der Waals surface area contributed by atoms with Crippen LogP contribution in [0.5, 0.6) is 5.75 Å². The minimum absolute atomic E-state index is 0.00349. The first kappa shape index (κ1) is 18.2. The fourth-order valence-corrected chi connectivity index (χ4v) is 2.80. The molecule has 2 rings (SSSR count). The summed E-state index contributed by atoms with van der Waals surface area (Å²) in [6.07, 6.45) is 1.52. The minimum Gasteiger partial charge on any atom is -0.489 e. The zero-order chi connectivity index (χ0) is 17.0. The van der Waals surface area contributed by atoms with Gasteiger partial charge >= 0.3 is 5.97 Å². The molecule has 1 aromatic carbocycles. The molecular formula is C17H22BrFO4. The molecule has 0 atom stereocenters. The Bertz CT molecular complexity index is 562. The van der Waals surface area contributed by atoms with Gasteiger partial charge in [0.1, 0.15) is 23.3 Å². The normalized spacial score (nSPS) is 16.2. The Kier molecular flexibility index (Phi) is 6.03. The summed E-state index contributed by atoms with van der Waals surface area (Å²) >= 11 is 3.42. The zero-order valence-electron chi connectivity index (χ0n) is 13.7. The van der Waals surface area contributed by atoms with E-state index in [4.69, 9.17) is 14.2 Å². The number of carbonyl (C=O) groups is 1. The van der Waals surface area contributed by atoms with Gasteiger partial charge in [-0.25, -0.2) is 4.39 Å². The smallest absolute Gasteiger partial charge is 0.310 e. The van der Waals surface area contributed by atoms with E-state index < -0.39 is 17.4 Å². The summed E-state index contributed by atoms with van der Waals surface area (Å²) in [5, 5.41) is 0. The van der Waals surface area contributed by atoms with E-state index in [-0.39, 0.29) is 12.5 Å². The van der Waals surface area contributed by atoms with Crippen LogP contribution in [0.4, 0.5) is 4.39 Å². The number of hydrogen-bond donors (Lipinski definition) is 0. The number of carbonyl (C=O) groups excluding carboxylic acids is 1. The summed E-state index contributed by atoms with van der Waals surface area (Å²) in [6, 6.07) is 2.66. The average Bonchev–Trinajstić information content (AvgIpc) is 2.43. The minimum atomic E-state index is -0.571. The monoisotopic (exact) mass is 388 g/mol. The van der Waals surface area contributed by atoms with Crippen LogP contribution in [0.25, 0.3) is 0 Å². The maximum atomic E-state index is 13.9. The van der Waals surface area contributed by atoms with Gasteiger partial charge in [-0.1, -0.05) is 0 Å². The van der Waals surface area contributed by atoms with Crippen LogP contribution in [-0.4, -0.2) is 30.9 Å². The first-order chi connectivity index (χ1) is 10.7. The van der Waals surface area contributed by atoms with Gasteiger partial charge in [0.05, 0.1) is 24.1 Å². The molecule has 0 unspecified atom stereocenters. The van der Waals surface area contributed by atoms with Crippen LogP contribution in [0.15, 0.2) is 16.6 Å². The van der Waals surface area contributed by atoms with Gasteiger partial charge in [-0.3, -0.25) is 4.79 Å². The summed E-state index contributed by atoms with van der Waals surface area (Å²) in [5.74, 6) is -0.426. The van der Waals surface area contributed by atoms with Crippen LogP contribution in [0, 0.1) is 5.82 Å². The fourth-order valence-electron chi connectivity index (χ4n) is 2.34.